The molecule has 3 aliphatic rings. The van der Waals surface area contributed by atoms with Crippen LogP contribution in [0.5, 0.6) is 17.2 Å². The molecule has 1 N–H and O–H groups in total. The molecule has 0 spiro atoms. The zero-order valence-electron chi connectivity index (χ0n) is 24.7. The number of rotatable bonds is 2. The van der Waals surface area contributed by atoms with Crippen molar-refractivity contribution in [1.29, 1.82) is 0 Å². The van der Waals surface area contributed by atoms with Gasteiger partial charge in [0.15, 0.2) is 0 Å². The summed E-state index contributed by atoms with van der Waals surface area (Å²) in [7, 11) is 4.27. The maximum Gasteiger partial charge on any atom is 0 e. The van der Waals surface area contributed by atoms with E-state index in [1.807, 2.05) is 48.5 Å². The van der Waals surface area contributed by atoms with E-state index in [4.69, 9.17) is 39.5 Å². The van der Waals surface area contributed by atoms with Crippen LogP contribution in [0.2, 0.25) is 15.1 Å². The molecule has 4 atom stereocenters. The molecule has 45 heavy (non-hydrogen) atoms. The normalized spacial score (nSPS) is 21.8. The van der Waals surface area contributed by atoms with E-state index in [-0.39, 0.29) is 30.4 Å². The van der Waals surface area contributed by atoms with Gasteiger partial charge in [0, 0.05) is 89.0 Å². The minimum atomic E-state index is 0. The Morgan fingerprint density at radius 2 is 1.09 bits per heavy atom. The Labute approximate surface area is 323 Å². The average Bonchev–Trinajstić information content (AvgIpc) is 3.55. The van der Waals surface area contributed by atoms with Crippen LogP contribution < -0.4 is 18.0 Å². The first kappa shape index (κ1) is 37.9. The van der Waals surface area contributed by atoms with Crippen LogP contribution in [0.15, 0.2) is 84.9 Å². The first-order valence-corrected chi connectivity index (χ1v) is 27.9. The van der Waals surface area contributed by atoms with Crippen molar-refractivity contribution >= 4 is 72.0 Å². The second-order valence-electron chi connectivity index (χ2n) is 11.5. The molecule has 0 saturated carbocycles. The molecule has 0 bridgehead atoms. The molecule has 4 aromatic rings. The molecule has 1 radical (unpaired) electrons. The van der Waals surface area contributed by atoms with Gasteiger partial charge < -0.3 is 19.6 Å². The predicted octanol–water partition coefficient (Wildman–Crippen LogP) is 7.54. The topological polar surface area (TPSA) is 35.9 Å². The van der Waals surface area contributed by atoms with Gasteiger partial charge in [0.25, 0.3) is 0 Å². The molecule has 7 rings (SSSR count). The van der Waals surface area contributed by atoms with E-state index in [9.17, 15) is 5.11 Å². The molecule has 4 nitrogen and oxygen atoms in total. The summed E-state index contributed by atoms with van der Waals surface area (Å²) >= 11 is 24.0. The minimum absolute atomic E-state index is 0. The molecule has 3 aliphatic heterocycles. The smallest absolute Gasteiger partial charge is 0 e. The average molecular weight is 1040 g/mol. The number of nitrogens with zero attached hydrogens (tertiary/aromatic N) is 2. The van der Waals surface area contributed by atoms with E-state index in [1.165, 1.54) is 11.1 Å². The number of hydrogen-bond donors (Lipinski definition) is 1. The Morgan fingerprint density at radius 3 is 1.71 bits per heavy atom. The number of phenols is 1. The van der Waals surface area contributed by atoms with Gasteiger partial charge in [-0.3, -0.25) is 0 Å². The summed E-state index contributed by atoms with van der Waals surface area (Å²) in [6.07, 6.45) is 0. The molecule has 0 amide bonds. The summed E-state index contributed by atoms with van der Waals surface area (Å²) in [5.41, 5.74) is 4.59. The van der Waals surface area contributed by atoms with E-state index in [0.29, 0.717) is 35.9 Å². The van der Waals surface area contributed by atoms with Gasteiger partial charge in [0.1, 0.15) is 17.2 Å². The third kappa shape index (κ3) is 9.19. The molecular weight excluding hydrogens is 1010 g/mol. The fraction of sp³-hybridized carbons (Fsp3) is 0.294. The van der Waals surface area contributed by atoms with E-state index in [0.717, 1.165) is 58.9 Å². The summed E-state index contributed by atoms with van der Waals surface area (Å²) in [4.78, 5) is 4.65. The van der Waals surface area contributed by atoms with Crippen molar-refractivity contribution in [2.24, 2.45) is 0 Å². The quantitative estimate of drug-likeness (QED) is 0.211. The minimum Gasteiger partial charge on any atom is 0 e. The van der Waals surface area contributed by atoms with Crippen LogP contribution >= 0.6 is 72.0 Å². The van der Waals surface area contributed by atoms with Gasteiger partial charge >= 0.3 is 50.5 Å². The van der Waals surface area contributed by atoms with Crippen molar-refractivity contribution in [3.8, 4) is 17.2 Å². The largest absolute Gasteiger partial charge is 0 e. The Balaban J connectivity index is 0.000000185. The van der Waals surface area contributed by atoms with Crippen molar-refractivity contribution in [3.05, 3.63) is 122 Å². The molecule has 0 aromatic heterocycles. The van der Waals surface area contributed by atoms with E-state index in [1.54, 1.807) is 12.1 Å². The fourth-order valence-electron chi connectivity index (χ4n) is 6.76. The third-order valence-electron chi connectivity index (χ3n) is 8.61. The molecule has 0 aliphatic carbocycles. The van der Waals surface area contributed by atoms with Gasteiger partial charge in [-0.1, -0.05) is 71.2 Å². The van der Waals surface area contributed by atoms with Gasteiger partial charge in [-0.25, -0.2) is 0 Å². The predicted molar refractivity (Wildman–Crippen MR) is 197 cm³/mol. The second kappa shape index (κ2) is 17.6. The van der Waals surface area contributed by atoms with Crippen LogP contribution in [0.3, 0.4) is 0 Å². The molecule has 2 saturated heterocycles. The van der Waals surface area contributed by atoms with Crippen molar-refractivity contribution in [2.45, 2.75) is 23.7 Å². The number of aromatic hydroxyl groups is 1. The van der Waals surface area contributed by atoms with Gasteiger partial charge in [-0.2, -0.15) is 0 Å². The monoisotopic (exact) mass is 1040 g/mol. The van der Waals surface area contributed by atoms with E-state index in [2.05, 4.69) is 85.4 Å². The summed E-state index contributed by atoms with van der Waals surface area (Å²) in [6, 6.07) is 27.5. The summed E-state index contributed by atoms with van der Waals surface area (Å²) in [5.74, 6) is 3.67. The van der Waals surface area contributed by atoms with E-state index < -0.39 is 0 Å². The molecular formula is C34H33Cl3I3N2O2V-. The number of ether oxygens (including phenoxy) is 1. The van der Waals surface area contributed by atoms with E-state index >= 15 is 0 Å². The number of para-hydroxylation sites is 2. The summed E-state index contributed by atoms with van der Waals surface area (Å²) in [5, 5.41) is 12.4. The van der Waals surface area contributed by atoms with Crippen LogP contribution in [0.25, 0.3) is 0 Å². The zero-order chi connectivity index (χ0) is 31.4. The number of likely N-dealkylation sites (tertiary alicyclic amines) is 2. The molecule has 4 aromatic carbocycles. The Hall–Kier alpha value is 0.0444. The van der Waals surface area contributed by atoms with Gasteiger partial charge in [-0.15, -0.1) is 0 Å². The number of benzene rings is 4. The van der Waals surface area contributed by atoms with Crippen LogP contribution in [-0.2, 0) is 18.6 Å². The van der Waals surface area contributed by atoms with Crippen molar-refractivity contribution < 1.29 is 41.7 Å². The van der Waals surface area contributed by atoms with Crippen molar-refractivity contribution in [3.63, 3.8) is 0 Å². The number of phenolic OH excluding ortho intramolecular Hbond substituents is 1. The zero-order valence-corrected chi connectivity index (χ0v) is 34.8. The number of fused-ring (bicyclic) bond motifs is 5. The first-order chi connectivity index (χ1) is 21.2. The molecule has 2 fully saturated rings. The Bertz CT molecular complexity index is 1600. The second-order valence-corrected chi connectivity index (χ2v) is 29.0. The number of likely N-dealkylation sites (N-methyl/N-ethyl adjacent to an activating group) is 2. The van der Waals surface area contributed by atoms with Crippen LogP contribution in [0.4, 0.5) is 0 Å². The number of hydrogen-bond acceptors (Lipinski definition) is 4. The molecule has 239 valence electrons. The first-order valence-electron chi connectivity index (χ1n) is 14.2. The van der Waals surface area contributed by atoms with Gasteiger partial charge in [0.2, 0.25) is 0 Å². The van der Waals surface area contributed by atoms with Gasteiger partial charge in [-0.05, 0) is 79.3 Å². The maximum absolute atomic E-state index is 10.2. The third-order valence-corrected chi connectivity index (χ3v) is 9.42. The van der Waals surface area contributed by atoms with Crippen molar-refractivity contribution in [1.82, 2.24) is 9.80 Å². The Kier molecular flexibility index (Phi) is 14.8. The SMILES string of the molecule is CN1C[C@@H](c2ccccc2O)[C@H](c2cc(Cl)ccc2Cl)C1.CN1C[C@H]2c3ccccc3Oc3ccc(Cl)cc3[C@@H]2C1.I[I-]I.[V]. The van der Waals surface area contributed by atoms with Gasteiger partial charge in [0.05, 0.1) is 0 Å². The molecule has 0 unspecified atom stereocenters. The summed E-state index contributed by atoms with van der Waals surface area (Å²) < 4.78 is 6.15. The summed E-state index contributed by atoms with van der Waals surface area (Å²) in [6.45, 7) is 3.91. The standard InChI is InChI=1S/C17H17Cl2NO.C17H16ClNO.I3.V/c1-20-9-14(12-4-2-3-5-17(12)21)15(10-20)13-8-11(18)6-7-16(13)19;1-19-9-14-12-4-2-3-5-16(12)20-17-7-6-11(18)8-13(17)15(14)10-19;1-3-2;/h2-8,14-15,21H,9-10H2,1H3;2-8,14-15H,9-10H2,1H3;;/q;;-1;/t2*14-,15-;;/m00../s1. The van der Waals surface area contributed by atoms with Crippen LogP contribution in [-0.4, -0.2) is 55.2 Å². The van der Waals surface area contributed by atoms with Crippen LogP contribution in [0, 0.1) is 0 Å². The fourth-order valence-corrected chi connectivity index (χ4v) is 7.38. The van der Waals surface area contributed by atoms with Crippen molar-refractivity contribution in [2.75, 3.05) is 40.3 Å². The molecule has 11 heteroatoms. The molecule has 3 heterocycles. The Morgan fingerprint density at radius 1 is 0.644 bits per heavy atom. The van der Waals surface area contributed by atoms with Crippen LogP contribution in [0.1, 0.15) is 45.9 Å². The maximum atomic E-state index is 10.2. The number of halogens is 6.